The van der Waals surface area contributed by atoms with E-state index in [0.29, 0.717) is 37.8 Å². The van der Waals surface area contributed by atoms with E-state index in [1.807, 2.05) is 0 Å². The highest BCUT2D eigenvalue weighted by Gasteiger charge is 2.45. The summed E-state index contributed by atoms with van der Waals surface area (Å²) in [5.74, 6) is -13.9. The number of phenolic OH excluding ortho intramolecular Hbond substituents is 1. The summed E-state index contributed by atoms with van der Waals surface area (Å²) in [6, 6.07) is -4.73. The van der Waals surface area contributed by atoms with Crippen molar-refractivity contribution in [2.24, 2.45) is 57.0 Å². The number of hydrogen-bond donors (Lipinski definition) is 17. The Morgan fingerprint density at radius 1 is 0.575 bits per heavy atom. The first-order valence-electron chi connectivity index (χ1n) is 36.2. The van der Waals surface area contributed by atoms with Crippen LogP contribution < -0.4 is 54.8 Å². The van der Waals surface area contributed by atoms with Crippen LogP contribution in [-0.2, 0) is 68.7 Å². The van der Waals surface area contributed by atoms with E-state index in [1.54, 1.807) is 39.5 Å². The summed E-state index contributed by atoms with van der Waals surface area (Å²) in [5, 5.41) is 83.3. The fraction of sp³-hybridized carbons (Fsp3) is 0.696. The van der Waals surface area contributed by atoms with E-state index in [-0.39, 0.29) is 152 Å². The summed E-state index contributed by atoms with van der Waals surface area (Å²) >= 11 is 0. The molecule has 5 rings (SSSR count). The normalized spacial score (nSPS) is 19.4. The van der Waals surface area contributed by atoms with Gasteiger partial charge in [-0.2, -0.15) is 0 Å². The van der Waals surface area contributed by atoms with Gasteiger partial charge in [0.25, 0.3) is 0 Å². The zero-order chi connectivity index (χ0) is 78.7. The molecule has 106 heavy (non-hydrogen) atoms. The van der Waals surface area contributed by atoms with Gasteiger partial charge in [-0.05, 0) is 130 Å². The minimum atomic E-state index is -1.42. The number of carboxylic acids is 5. The predicted octanol–water partition coefficient (Wildman–Crippen LogP) is -2.94. The topological polar surface area (TPSA) is 575 Å². The lowest BCUT2D eigenvalue weighted by Crippen LogP contribution is -2.62. The molecule has 8 amide bonds. The Balaban J connectivity index is 1.43. The van der Waals surface area contributed by atoms with Crippen molar-refractivity contribution in [1.82, 2.24) is 61.3 Å². The number of benzene rings is 1. The molecule has 8 atom stereocenters. The Bertz CT molecular complexity index is 3230. The average Bonchev–Trinajstić information content (AvgIpc) is 1.60. The maximum atomic E-state index is 15.3. The second-order valence-corrected chi connectivity index (χ2v) is 29.6. The highest BCUT2D eigenvalue weighted by atomic mass is 16.4. The van der Waals surface area contributed by atoms with Crippen LogP contribution >= 0.6 is 0 Å². The van der Waals surface area contributed by atoms with E-state index >= 15 is 19.2 Å². The minimum Gasteiger partial charge on any atom is -0.508 e. The van der Waals surface area contributed by atoms with Crippen LogP contribution in [-0.4, -0.2) is 296 Å². The molecule has 3 saturated heterocycles. The van der Waals surface area contributed by atoms with Crippen molar-refractivity contribution < 1.29 is 93.0 Å². The summed E-state index contributed by atoms with van der Waals surface area (Å²) in [7, 11) is 0. The zero-order valence-corrected chi connectivity index (χ0v) is 61.4. The number of likely N-dealkylation sites (tertiary alicyclic amines) is 3. The largest absolute Gasteiger partial charge is 0.508 e. The molecule has 4 fully saturated rings. The number of piperidine rings is 1. The van der Waals surface area contributed by atoms with E-state index < -0.39 is 169 Å². The van der Waals surface area contributed by atoms with Gasteiger partial charge in [-0.25, -0.2) is 4.79 Å². The second kappa shape index (κ2) is 42.0. The van der Waals surface area contributed by atoms with Crippen LogP contribution in [0.1, 0.15) is 130 Å². The Morgan fingerprint density at radius 2 is 1.07 bits per heavy atom. The number of guanidine groups is 2. The van der Waals surface area contributed by atoms with Gasteiger partial charge in [0.15, 0.2) is 11.9 Å². The first kappa shape index (κ1) is 87.1. The fourth-order valence-electron chi connectivity index (χ4n) is 14.1. The van der Waals surface area contributed by atoms with E-state index in [4.69, 9.17) is 28.3 Å². The van der Waals surface area contributed by atoms with Crippen LogP contribution in [0, 0.1) is 34.5 Å². The van der Waals surface area contributed by atoms with Gasteiger partial charge in [0, 0.05) is 65.3 Å². The van der Waals surface area contributed by atoms with E-state index in [1.165, 1.54) is 43.9 Å². The standard InChI is InChI=1S/C69H112N18O19/c1-40(2)31-49(66(105)106)79-63(102)58(69(3,4)5)81-59(98)47(32-42-16-18-45(88)19-17-42)78-60(99)50-10-7-23-86(50)64(103)46(9-6-22-75-67(71)72)77-62(101)57(44-20-25-85(26-21-44)68(73)74)80-61(100)51-11-8-24-87(51)65(104)48(33-41-12-14-43(34-70)15-13-41)76-52(89)35-83(37-54(92)93)29-27-82(36-53(90)91)28-30-84(38-55(94)95)39-56(96)97/h16-19,40-41,43-44,46-51,57-58,88H,6-15,20-39,70H2,1-5H3,(H3,73,74)(H,76,89)(H,77,101)(H,78,99)(H,79,102)(H,80,100)(H,81,98)(H,90,91)(H,92,93)(H,94,95)(H,96,97)(H,105,106)(H4,71,72,75)/t41?,43?,46-,47-,48-,49-,50-,51-,57-,58+/m0/s1. The average molecular weight is 1500 g/mol. The van der Waals surface area contributed by atoms with Crippen molar-refractivity contribution in [3.05, 3.63) is 29.8 Å². The molecule has 21 N–H and O–H groups in total. The third-order valence-corrected chi connectivity index (χ3v) is 19.7. The van der Waals surface area contributed by atoms with Gasteiger partial charge in [-0.3, -0.25) is 82.6 Å². The lowest BCUT2D eigenvalue weighted by molar-refractivity contribution is -0.144. The smallest absolute Gasteiger partial charge is 0.326 e. The summed E-state index contributed by atoms with van der Waals surface area (Å²) in [6.45, 7) is 5.49. The van der Waals surface area contributed by atoms with E-state index in [0.717, 1.165) is 17.7 Å². The minimum absolute atomic E-state index is 0.00152. The van der Waals surface area contributed by atoms with Crippen molar-refractivity contribution in [3.8, 4) is 5.75 Å². The summed E-state index contributed by atoms with van der Waals surface area (Å²) in [6.07, 6.45) is 4.04. The molecule has 37 nitrogen and oxygen atoms in total. The number of aromatic hydroxyl groups is 1. The molecule has 592 valence electrons. The molecule has 1 saturated carbocycles. The lowest BCUT2D eigenvalue weighted by Gasteiger charge is -2.38. The number of phenols is 1. The maximum absolute atomic E-state index is 15.3. The van der Waals surface area contributed by atoms with Crippen LogP contribution in [0.2, 0.25) is 0 Å². The van der Waals surface area contributed by atoms with Crippen molar-refractivity contribution >= 4 is 89.0 Å². The van der Waals surface area contributed by atoms with Crippen LogP contribution in [0.15, 0.2) is 29.3 Å². The molecule has 37 heteroatoms. The first-order chi connectivity index (χ1) is 49.9. The lowest BCUT2D eigenvalue weighted by atomic mass is 9.79. The molecule has 1 aromatic rings. The van der Waals surface area contributed by atoms with Crippen LogP contribution in [0.3, 0.4) is 0 Å². The molecule has 0 bridgehead atoms. The number of aliphatic imine (C=N–C) groups is 1. The number of carboxylic acid groups (broad SMARTS) is 5. The van der Waals surface area contributed by atoms with Gasteiger partial charge in [0.2, 0.25) is 47.3 Å². The number of nitrogens with two attached hydrogens (primary N) is 4. The maximum Gasteiger partial charge on any atom is 0.326 e. The van der Waals surface area contributed by atoms with Crippen molar-refractivity contribution in [2.75, 3.05) is 98.2 Å². The van der Waals surface area contributed by atoms with Crippen LogP contribution in [0.25, 0.3) is 0 Å². The van der Waals surface area contributed by atoms with E-state index in [9.17, 15) is 73.8 Å². The molecule has 1 aliphatic carbocycles. The monoisotopic (exact) mass is 1500 g/mol. The molecule has 0 aromatic heterocycles. The van der Waals surface area contributed by atoms with Crippen molar-refractivity contribution in [1.29, 1.82) is 5.41 Å². The van der Waals surface area contributed by atoms with Gasteiger partial charge in [-0.15, -0.1) is 0 Å². The molecule has 0 radical (unpaired) electrons. The highest BCUT2D eigenvalue weighted by Crippen LogP contribution is 2.33. The predicted molar refractivity (Wildman–Crippen MR) is 385 cm³/mol. The molecule has 3 heterocycles. The number of amides is 8. The quantitative estimate of drug-likeness (QED) is 0.0177. The molecular weight excluding hydrogens is 1380 g/mol. The van der Waals surface area contributed by atoms with Gasteiger partial charge < -0.3 is 100 Å². The molecule has 0 spiro atoms. The number of hydrogen-bond acceptors (Lipinski definition) is 20. The SMILES string of the molecule is CC(C)C[C@H](NC(=O)[C@@H](NC(=O)[C@H](Cc1ccc(O)cc1)NC(=O)[C@@H]1CCCN1C(=O)[C@H](CCCN=C(N)N)NC(=O)[C@@H](NC(=O)[C@@H]1CCCN1C(=O)[C@H](CC1CCC(CN)CC1)NC(=O)CN(CCN(CCN(CC(=O)O)CC(=O)O)CC(=O)O)CC(=O)O)C1CCN(C(=N)N)CC1)C(C)(C)C)C(=O)O. The Labute approximate surface area is 616 Å². The Kier molecular flexibility index (Phi) is 34.5. The fourth-order valence-corrected chi connectivity index (χ4v) is 14.1. The van der Waals surface area contributed by atoms with Gasteiger partial charge in [0.05, 0.1) is 32.7 Å². The zero-order valence-electron chi connectivity index (χ0n) is 61.4. The van der Waals surface area contributed by atoms with Gasteiger partial charge >= 0.3 is 29.8 Å². The number of nitrogens with one attached hydrogen (secondary N) is 7. The third kappa shape index (κ3) is 28.8. The number of carbonyl (C=O) groups is 13. The third-order valence-electron chi connectivity index (χ3n) is 19.7. The summed E-state index contributed by atoms with van der Waals surface area (Å²) in [4.78, 5) is 190. The summed E-state index contributed by atoms with van der Waals surface area (Å²) in [5.41, 5.74) is 22.7. The van der Waals surface area contributed by atoms with E-state index in [2.05, 4.69) is 36.9 Å². The van der Waals surface area contributed by atoms with Crippen LogP contribution in [0.4, 0.5) is 0 Å². The first-order valence-corrected chi connectivity index (χ1v) is 36.2. The molecule has 3 aliphatic heterocycles. The molecule has 4 aliphatic rings. The van der Waals surface area contributed by atoms with Crippen molar-refractivity contribution in [3.63, 3.8) is 0 Å². The number of nitrogens with zero attached hydrogens (tertiary/aromatic N) is 7. The second-order valence-electron chi connectivity index (χ2n) is 29.6. The molecule has 1 aromatic carbocycles. The molecule has 0 unspecified atom stereocenters. The Hall–Kier alpha value is -9.49. The van der Waals surface area contributed by atoms with Gasteiger partial charge in [-0.1, -0.05) is 59.6 Å². The van der Waals surface area contributed by atoms with Gasteiger partial charge in [0.1, 0.15) is 54.1 Å². The van der Waals surface area contributed by atoms with Crippen molar-refractivity contribution in [2.45, 2.75) is 179 Å². The number of aliphatic carboxylic acids is 5. The molecular formula is C69H112N18O19. The number of carbonyl (C=O) groups excluding carboxylic acids is 8. The Morgan fingerprint density at radius 3 is 1.56 bits per heavy atom. The van der Waals surface area contributed by atoms with Crippen LogP contribution in [0.5, 0.6) is 5.75 Å². The highest BCUT2D eigenvalue weighted by molar-refractivity contribution is 5.99. The number of rotatable bonds is 42. The summed E-state index contributed by atoms with van der Waals surface area (Å²) < 4.78 is 0.